The van der Waals surface area contributed by atoms with Crippen LogP contribution in [0.3, 0.4) is 0 Å². The molecule has 0 radical (unpaired) electrons. The third kappa shape index (κ3) is 3.10. The van der Waals surface area contributed by atoms with Crippen LogP contribution in [0.15, 0.2) is 48.5 Å². The number of anilines is 2. The number of para-hydroxylation sites is 1. The summed E-state index contributed by atoms with van der Waals surface area (Å²) in [5.74, 6) is -0.322. The Morgan fingerprint density at radius 3 is 2.74 bits per heavy atom. The monoisotopic (exact) mass is 310 g/mol. The van der Waals surface area contributed by atoms with Gasteiger partial charge >= 0.3 is 0 Å². The Hall–Kier alpha value is -2.66. The van der Waals surface area contributed by atoms with Gasteiger partial charge in [-0.2, -0.15) is 0 Å². The van der Waals surface area contributed by atoms with E-state index in [1.54, 1.807) is 29.2 Å². The highest BCUT2D eigenvalue weighted by atomic mass is 16.3. The van der Waals surface area contributed by atoms with Crippen molar-refractivity contribution in [2.75, 3.05) is 16.8 Å². The number of aliphatic hydroxyl groups excluding tert-OH is 1. The molecule has 1 unspecified atom stereocenters. The second kappa shape index (κ2) is 6.22. The largest absolute Gasteiger partial charge is 0.388 e. The van der Waals surface area contributed by atoms with Crippen LogP contribution < -0.4 is 10.2 Å². The zero-order chi connectivity index (χ0) is 16.4. The van der Waals surface area contributed by atoms with E-state index < -0.39 is 6.10 Å². The lowest BCUT2D eigenvalue weighted by Gasteiger charge is -2.32. The Balaban J connectivity index is 1.92. The molecule has 5 heteroatoms. The molecular weight excluding hydrogens is 292 g/mol. The number of amides is 2. The summed E-state index contributed by atoms with van der Waals surface area (Å²) < 4.78 is 0. The highest BCUT2D eigenvalue weighted by molar-refractivity contribution is 6.07. The average Bonchev–Trinajstić information content (AvgIpc) is 2.54. The van der Waals surface area contributed by atoms with Crippen LogP contribution in [-0.4, -0.2) is 23.5 Å². The molecule has 1 aliphatic heterocycles. The first-order valence-electron chi connectivity index (χ1n) is 7.53. The quantitative estimate of drug-likeness (QED) is 0.896. The minimum atomic E-state index is -0.541. The molecule has 0 saturated carbocycles. The minimum Gasteiger partial charge on any atom is -0.388 e. The first-order chi connectivity index (χ1) is 11.1. The van der Waals surface area contributed by atoms with E-state index in [0.717, 1.165) is 11.3 Å². The molecule has 1 atom stereocenters. The van der Waals surface area contributed by atoms with Gasteiger partial charge in [0.15, 0.2) is 0 Å². The molecule has 2 amide bonds. The number of carbonyl (C=O) groups is 2. The molecule has 0 fully saturated rings. The molecular formula is C18H18N2O3. The fraction of sp³-hybridized carbons (Fsp3) is 0.222. The molecule has 0 bridgehead atoms. The molecule has 1 aliphatic rings. The molecule has 0 aliphatic carbocycles. The van der Waals surface area contributed by atoms with Gasteiger partial charge in [-0.1, -0.05) is 24.3 Å². The summed E-state index contributed by atoms with van der Waals surface area (Å²) in [4.78, 5) is 25.7. The van der Waals surface area contributed by atoms with Gasteiger partial charge in [0.1, 0.15) is 0 Å². The fourth-order valence-corrected chi connectivity index (χ4v) is 2.84. The molecule has 5 nitrogen and oxygen atoms in total. The lowest BCUT2D eigenvalue weighted by Crippen LogP contribution is -2.36. The zero-order valence-electron chi connectivity index (χ0n) is 12.8. The molecule has 23 heavy (non-hydrogen) atoms. The summed E-state index contributed by atoms with van der Waals surface area (Å²) in [5.41, 5.74) is 2.60. The number of hydrogen-bond donors (Lipinski definition) is 2. The summed E-state index contributed by atoms with van der Waals surface area (Å²) in [6.07, 6.45) is -0.0327. The van der Waals surface area contributed by atoms with Gasteiger partial charge in [0.2, 0.25) is 5.91 Å². The van der Waals surface area contributed by atoms with Crippen molar-refractivity contribution in [2.45, 2.75) is 19.4 Å². The predicted molar refractivity (Wildman–Crippen MR) is 88.4 cm³/mol. The summed E-state index contributed by atoms with van der Waals surface area (Å²) in [5, 5.41) is 12.8. The van der Waals surface area contributed by atoms with E-state index in [2.05, 4.69) is 5.32 Å². The summed E-state index contributed by atoms with van der Waals surface area (Å²) in [6.45, 7) is 1.89. The standard InChI is InChI=1S/C18H18N2O3/c1-12(21)19-14-6-4-5-13(11-14)18(23)20-10-9-17(22)15-7-2-3-8-16(15)20/h2-8,11,17,22H,9-10H2,1H3,(H,19,21). The van der Waals surface area contributed by atoms with Crippen molar-refractivity contribution in [3.8, 4) is 0 Å². The van der Waals surface area contributed by atoms with Crippen LogP contribution in [-0.2, 0) is 4.79 Å². The van der Waals surface area contributed by atoms with Crippen molar-refractivity contribution in [1.29, 1.82) is 0 Å². The second-order valence-electron chi connectivity index (χ2n) is 5.58. The summed E-state index contributed by atoms with van der Waals surface area (Å²) >= 11 is 0. The number of fused-ring (bicyclic) bond motifs is 1. The number of nitrogens with one attached hydrogen (secondary N) is 1. The maximum atomic E-state index is 12.8. The van der Waals surface area contributed by atoms with Crippen LogP contribution in [0.25, 0.3) is 0 Å². The van der Waals surface area contributed by atoms with Crippen LogP contribution >= 0.6 is 0 Å². The highest BCUT2D eigenvalue weighted by Crippen LogP contribution is 2.34. The van der Waals surface area contributed by atoms with E-state index >= 15 is 0 Å². The number of benzene rings is 2. The highest BCUT2D eigenvalue weighted by Gasteiger charge is 2.27. The van der Waals surface area contributed by atoms with Crippen molar-refractivity contribution >= 4 is 23.2 Å². The normalized spacial score (nSPS) is 16.6. The van der Waals surface area contributed by atoms with Gasteiger partial charge in [-0.05, 0) is 30.7 Å². The Morgan fingerprint density at radius 1 is 1.17 bits per heavy atom. The maximum Gasteiger partial charge on any atom is 0.258 e. The van der Waals surface area contributed by atoms with Crippen LogP contribution in [0.1, 0.15) is 35.4 Å². The summed E-state index contributed by atoms with van der Waals surface area (Å²) in [7, 11) is 0. The van der Waals surface area contributed by atoms with Crippen molar-refractivity contribution in [1.82, 2.24) is 0 Å². The topological polar surface area (TPSA) is 69.6 Å². The number of aliphatic hydroxyl groups is 1. The number of hydrogen-bond acceptors (Lipinski definition) is 3. The van der Waals surface area contributed by atoms with Crippen molar-refractivity contribution < 1.29 is 14.7 Å². The van der Waals surface area contributed by atoms with E-state index in [9.17, 15) is 14.7 Å². The molecule has 0 aromatic heterocycles. The first-order valence-corrected chi connectivity index (χ1v) is 7.53. The SMILES string of the molecule is CC(=O)Nc1cccc(C(=O)N2CCC(O)c3ccccc32)c1. The lowest BCUT2D eigenvalue weighted by atomic mass is 9.98. The Labute approximate surface area is 134 Å². The first kappa shape index (κ1) is 15.2. The fourth-order valence-electron chi connectivity index (χ4n) is 2.84. The van der Waals surface area contributed by atoms with Crippen LogP contribution in [0.5, 0.6) is 0 Å². The smallest absolute Gasteiger partial charge is 0.258 e. The number of carbonyl (C=O) groups excluding carboxylic acids is 2. The number of nitrogens with zero attached hydrogens (tertiary/aromatic N) is 1. The molecule has 0 spiro atoms. The molecule has 118 valence electrons. The van der Waals surface area contributed by atoms with Gasteiger partial charge in [0, 0.05) is 36.0 Å². The molecule has 3 rings (SSSR count). The van der Waals surface area contributed by atoms with Gasteiger partial charge in [0.05, 0.1) is 6.10 Å². The Kier molecular flexibility index (Phi) is 4.12. The second-order valence-corrected chi connectivity index (χ2v) is 5.58. The zero-order valence-corrected chi connectivity index (χ0v) is 12.8. The van der Waals surface area contributed by atoms with Gasteiger partial charge in [0.25, 0.3) is 5.91 Å². The Bertz CT molecular complexity index is 757. The van der Waals surface area contributed by atoms with Crippen molar-refractivity contribution in [3.63, 3.8) is 0 Å². The average molecular weight is 310 g/mol. The lowest BCUT2D eigenvalue weighted by molar-refractivity contribution is -0.114. The van der Waals surface area contributed by atoms with Crippen LogP contribution in [0.2, 0.25) is 0 Å². The van der Waals surface area contributed by atoms with Gasteiger partial charge < -0.3 is 15.3 Å². The number of rotatable bonds is 2. The van der Waals surface area contributed by atoms with Gasteiger partial charge in [-0.25, -0.2) is 0 Å². The maximum absolute atomic E-state index is 12.8. The third-order valence-corrected chi connectivity index (χ3v) is 3.89. The molecule has 2 aromatic carbocycles. The van der Waals surface area contributed by atoms with Gasteiger partial charge in [-0.3, -0.25) is 9.59 Å². The molecule has 1 heterocycles. The van der Waals surface area contributed by atoms with Crippen LogP contribution in [0.4, 0.5) is 11.4 Å². The molecule has 2 N–H and O–H groups in total. The van der Waals surface area contributed by atoms with E-state index in [0.29, 0.717) is 24.2 Å². The van der Waals surface area contributed by atoms with Crippen LogP contribution in [0, 0.1) is 0 Å². The van der Waals surface area contributed by atoms with E-state index in [-0.39, 0.29) is 11.8 Å². The predicted octanol–water partition coefficient (Wildman–Crippen LogP) is 2.73. The van der Waals surface area contributed by atoms with Gasteiger partial charge in [-0.15, -0.1) is 0 Å². The Morgan fingerprint density at radius 2 is 1.96 bits per heavy atom. The van der Waals surface area contributed by atoms with Crippen molar-refractivity contribution in [2.24, 2.45) is 0 Å². The molecule has 2 aromatic rings. The summed E-state index contributed by atoms with van der Waals surface area (Å²) in [6, 6.07) is 14.3. The molecule has 0 saturated heterocycles. The van der Waals surface area contributed by atoms with E-state index in [1.807, 2.05) is 24.3 Å². The van der Waals surface area contributed by atoms with Crippen molar-refractivity contribution in [3.05, 3.63) is 59.7 Å². The van der Waals surface area contributed by atoms with E-state index in [1.165, 1.54) is 6.92 Å². The van der Waals surface area contributed by atoms with E-state index in [4.69, 9.17) is 0 Å². The minimum absolute atomic E-state index is 0.142. The third-order valence-electron chi connectivity index (χ3n) is 3.89.